The van der Waals surface area contributed by atoms with Gasteiger partial charge in [-0.15, -0.1) is 0 Å². The van der Waals surface area contributed by atoms with Crippen molar-refractivity contribution in [3.8, 4) is 5.75 Å². The van der Waals surface area contributed by atoms with Crippen LogP contribution in [0.3, 0.4) is 0 Å². The molecule has 7 heteroatoms. The van der Waals surface area contributed by atoms with Gasteiger partial charge in [-0.3, -0.25) is 4.79 Å². The number of unbranched alkanes of at least 4 members (excludes halogenated alkanes) is 2. The molecular formula is C19H28N2O5. The summed E-state index contributed by atoms with van der Waals surface area (Å²) in [5.74, 6) is 0.505. The van der Waals surface area contributed by atoms with Crippen molar-refractivity contribution in [1.82, 2.24) is 5.32 Å². The Balaban J connectivity index is 1.97. The van der Waals surface area contributed by atoms with Gasteiger partial charge in [0.15, 0.2) is 12.2 Å². The molecule has 1 fully saturated rings. The van der Waals surface area contributed by atoms with Crippen molar-refractivity contribution < 1.29 is 23.8 Å². The van der Waals surface area contributed by atoms with Crippen molar-refractivity contribution >= 4 is 12.1 Å². The van der Waals surface area contributed by atoms with Crippen molar-refractivity contribution in [3.05, 3.63) is 29.8 Å². The first kappa shape index (κ1) is 20.0. The predicted molar refractivity (Wildman–Crippen MR) is 97.0 cm³/mol. The molecule has 1 aliphatic heterocycles. The van der Waals surface area contributed by atoms with Crippen LogP contribution in [0.15, 0.2) is 24.3 Å². The molecule has 0 bridgehead atoms. The topological polar surface area (TPSA) is 99.9 Å². The first-order valence-corrected chi connectivity index (χ1v) is 9.05. The van der Waals surface area contributed by atoms with Crippen molar-refractivity contribution in [2.75, 3.05) is 13.7 Å². The third-order valence-electron chi connectivity index (χ3n) is 4.48. The van der Waals surface area contributed by atoms with Crippen LogP contribution in [-0.4, -0.2) is 44.0 Å². The fraction of sp³-hybridized carbons (Fsp3) is 0.579. The zero-order valence-corrected chi connectivity index (χ0v) is 15.4. The molecule has 0 aromatic heterocycles. The van der Waals surface area contributed by atoms with Crippen molar-refractivity contribution in [2.24, 2.45) is 5.73 Å². The summed E-state index contributed by atoms with van der Waals surface area (Å²) in [5, 5.41) is 3.27. The molecule has 1 aliphatic rings. The molecule has 0 aliphatic carbocycles. The molecule has 1 saturated heterocycles. The molecular weight excluding hydrogens is 336 g/mol. The molecule has 26 heavy (non-hydrogen) atoms. The van der Waals surface area contributed by atoms with E-state index in [1.54, 1.807) is 7.11 Å². The van der Waals surface area contributed by atoms with Crippen LogP contribution in [0, 0.1) is 0 Å². The summed E-state index contributed by atoms with van der Waals surface area (Å²) in [6.07, 6.45) is 1.80. The smallest absolute Gasteiger partial charge is 0.404 e. The number of rotatable bonds is 9. The van der Waals surface area contributed by atoms with Crippen LogP contribution in [0.25, 0.3) is 0 Å². The maximum absolute atomic E-state index is 12.0. The van der Waals surface area contributed by atoms with Crippen molar-refractivity contribution in [2.45, 2.75) is 57.3 Å². The molecule has 1 aromatic rings. The fourth-order valence-electron chi connectivity index (χ4n) is 3.11. The Labute approximate surface area is 154 Å². The summed E-state index contributed by atoms with van der Waals surface area (Å²) in [4.78, 5) is 23.3. The van der Waals surface area contributed by atoms with Gasteiger partial charge in [-0.2, -0.15) is 0 Å². The number of hydrogen-bond donors (Lipinski definition) is 2. The summed E-state index contributed by atoms with van der Waals surface area (Å²) in [6, 6.07) is 7.47. The summed E-state index contributed by atoms with van der Waals surface area (Å²) in [7, 11) is 1.61. The number of esters is 1. The minimum absolute atomic E-state index is 0.177. The van der Waals surface area contributed by atoms with E-state index in [0.29, 0.717) is 19.4 Å². The molecule has 0 saturated carbocycles. The number of nitrogens with two attached hydrogens (primary N) is 1. The number of methoxy groups -OCH3 is 1. The van der Waals surface area contributed by atoms with Crippen LogP contribution in [0.2, 0.25) is 0 Å². The van der Waals surface area contributed by atoms with Crippen LogP contribution in [0.4, 0.5) is 4.79 Å². The minimum Gasteiger partial charge on any atom is -0.497 e. The van der Waals surface area contributed by atoms with E-state index in [1.165, 1.54) is 0 Å². The van der Waals surface area contributed by atoms with E-state index in [0.717, 1.165) is 30.6 Å². The van der Waals surface area contributed by atoms with Crippen LogP contribution >= 0.6 is 0 Å². The average molecular weight is 364 g/mol. The molecule has 7 nitrogen and oxygen atoms in total. The Morgan fingerprint density at radius 3 is 2.54 bits per heavy atom. The number of carbonyl (C=O) groups is 2. The summed E-state index contributed by atoms with van der Waals surface area (Å²) in [5.41, 5.74) is 6.26. The highest BCUT2D eigenvalue weighted by atomic mass is 16.6. The van der Waals surface area contributed by atoms with Crippen LogP contribution < -0.4 is 15.8 Å². The van der Waals surface area contributed by atoms with E-state index < -0.39 is 18.3 Å². The second-order valence-corrected chi connectivity index (χ2v) is 6.45. The van der Waals surface area contributed by atoms with Gasteiger partial charge in [-0.05, 0) is 30.5 Å². The van der Waals surface area contributed by atoms with Gasteiger partial charge in [0.2, 0.25) is 0 Å². The van der Waals surface area contributed by atoms with Gasteiger partial charge < -0.3 is 25.3 Å². The van der Waals surface area contributed by atoms with Gasteiger partial charge in [0, 0.05) is 13.0 Å². The lowest BCUT2D eigenvalue weighted by molar-refractivity contribution is -0.152. The first-order valence-electron chi connectivity index (χ1n) is 9.05. The molecule has 0 unspecified atom stereocenters. The van der Waals surface area contributed by atoms with E-state index >= 15 is 0 Å². The van der Waals surface area contributed by atoms with E-state index in [9.17, 15) is 9.59 Å². The van der Waals surface area contributed by atoms with Crippen LogP contribution in [0.1, 0.15) is 38.2 Å². The predicted octanol–water partition coefficient (Wildman–Crippen LogP) is 2.17. The summed E-state index contributed by atoms with van der Waals surface area (Å²) in [6.45, 7) is 2.50. The number of amides is 1. The van der Waals surface area contributed by atoms with Gasteiger partial charge in [0.25, 0.3) is 0 Å². The lowest BCUT2D eigenvalue weighted by Gasteiger charge is -2.23. The molecule has 144 valence electrons. The molecule has 3 atom stereocenters. The number of nitrogens with one attached hydrogen (secondary N) is 1. The number of primary amides is 1. The normalized spacial score (nSPS) is 22.0. The molecule has 2 rings (SSSR count). The maximum atomic E-state index is 12.0. The molecule has 0 radical (unpaired) electrons. The monoisotopic (exact) mass is 364 g/mol. The molecule has 1 amide bonds. The average Bonchev–Trinajstić information content (AvgIpc) is 2.97. The molecule has 0 spiro atoms. The van der Waals surface area contributed by atoms with Crippen LogP contribution in [-0.2, 0) is 20.7 Å². The lowest BCUT2D eigenvalue weighted by Crippen LogP contribution is -2.41. The van der Waals surface area contributed by atoms with E-state index in [4.69, 9.17) is 19.9 Å². The number of benzene rings is 1. The Kier molecular flexibility index (Phi) is 7.72. The maximum Gasteiger partial charge on any atom is 0.404 e. The lowest BCUT2D eigenvalue weighted by atomic mass is 10.0. The molecule has 3 N–H and O–H groups in total. The minimum atomic E-state index is -0.870. The zero-order chi connectivity index (χ0) is 18.9. The van der Waals surface area contributed by atoms with Gasteiger partial charge >= 0.3 is 12.1 Å². The Hall–Kier alpha value is -2.28. The Bertz CT molecular complexity index is 590. The standard InChI is InChI=1S/C19H28N2O5/c1-3-4-5-6-17(22)25-16-12-21-15(18(16)26-19(20)23)11-13-7-9-14(24-2)10-8-13/h7-10,15-16,18,21H,3-6,11-12H2,1-2H3,(H2,20,23)/t15-,16+,18+/m0/s1. The third kappa shape index (κ3) is 5.91. The molecule has 1 aromatic carbocycles. The zero-order valence-electron chi connectivity index (χ0n) is 15.4. The largest absolute Gasteiger partial charge is 0.497 e. The second kappa shape index (κ2) is 10.0. The second-order valence-electron chi connectivity index (χ2n) is 6.45. The Morgan fingerprint density at radius 2 is 1.92 bits per heavy atom. The van der Waals surface area contributed by atoms with E-state index in [2.05, 4.69) is 12.2 Å². The van der Waals surface area contributed by atoms with Gasteiger partial charge in [0.05, 0.1) is 13.2 Å². The Morgan fingerprint density at radius 1 is 1.19 bits per heavy atom. The highest BCUT2D eigenvalue weighted by Gasteiger charge is 2.41. The van der Waals surface area contributed by atoms with Gasteiger partial charge in [0.1, 0.15) is 5.75 Å². The first-order chi connectivity index (χ1) is 12.5. The van der Waals surface area contributed by atoms with E-state index in [1.807, 2.05) is 24.3 Å². The van der Waals surface area contributed by atoms with Gasteiger partial charge in [-0.25, -0.2) is 4.79 Å². The van der Waals surface area contributed by atoms with Crippen molar-refractivity contribution in [3.63, 3.8) is 0 Å². The van der Waals surface area contributed by atoms with Gasteiger partial charge in [-0.1, -0.05) is 31.9 Å². The van der Waals surface area contributed by atoms with E-state index in [-0.39, 0.29) is 12.0 Å². The third-order valence-corrected chi connectivity index (χ3v) is 4.48. The number of hydrogen-bond acceptors (Lipinski definition) is 6. The SMILES string of the molecule is CCCCCC(=O)O[C@@H]1CN[C@@H](Cc2ccc(OC)cc2)[C@H]1OC(N)=O. The summed E-state index contributed by atoms with van der Waals surface area (Å²) >= 11 is 0. The number of ether oxygens (including phenoxy) is 3. The summed E-state index contributed by atoms with van der Waals surface area (Å²) < 4.78 is 15.9. The highest BCUT2D eigenvalue weighted by Crippen LogP contribution is 2.21. The van der Waals surface area contributed by atoms with Crippen molar-refractivity contribution in [1.29, 1.82) is 0 Å². The quantitative estimate of drug-likeness (QED) is 0.514. The van der Waals surface area contributed by atoms with Crippen LogP contribution in [0.5, 0.6) is 5.75 Å². The number of carbonyl (C=O) groups excluding carboxylic acids is 2. The molecule has 1 heterocycles. The fourth-order valence-corrected chi connectivity index (χ4v) is 3.11. The highest BCUT2D eigenvalue weighted by molar-refractivity contribution is 5.70.